The highest BCUT2D eigenvalue weighted by Crippen LogP contribution is 2.21. The second-order valence-electron chi connectivity index (χ2n) is 5.28. The van der Waals surface area contributed by atoms with Crippen LogP contribution in [0.2, 0.25) is 5.02 Å². The van der Waals surface area contributed by atoms with Gasteiger partial charge in [-0.05, 0) is 48.9 Å². The minimum Gasteiger partial charge on any atom is -0.497 e. The fourth-order valence-electron chi connectivity index (χ4n) is 2.31. The van der Waals surface area contributed by atoms with Crippen LogP contribution in [0.1, 0.15) is 23.0 Å². The first-order valence-electron chi connectivity index (χ1n) is 7.34. The van der Waals surface area contributed by atoms with Crippen LogP contribution in [-0.4, -0.2) is 23.7 Å². The van der Waals surface area contributed by atoms with E-state index in [1.807, 2.05) is 37.3 Å². The molecule has 122 valence electrons. The molecule has 2 N–H and O–H groups in total. The highest BCUT2D eigenvalue weighted by molar-refractivity contribution is 6.30. The predicted molar refractivity (Wildman–Crippen MR) is 96.0 cm³/mol. The number of hydrogen-bond donors (Lipinski definition) is 2. The van der Waals surface area contributed by atoms with Crippen molar-refractivity contribution < 1.29 is 9.53 Å². The van der Waals surface area contributed by atoms with Crippen LogP contribution in [0.15, 0.2) is 53.6 Å². The van der Waals surface area contributed by atoms with Gasteiger partial charge in [-0.1, -0.05) is 23.7 Å². The molecule has 2 aromatic carbocycles. The summed E-state index contributed by atoms with van der Waals surface area (Å²) in [5.74, 6) is 0.434. The minimum atomic E-state index is -0.307. The number of carbonyl (C=O) groups excluding carboxylic acids is 1. The Kier molecular flexibility index (Phi) is 4.53. The molecule has 0 fully saturated rings. The number of ether oxygens (including phenoxy) is 1. The quantitative estimate of drug-likeness (QED) is 0.556. The number of benzene rings is 2. The molecule has 1 amide bonds. The molecule has 0 aliphatic rings. The number of aromatic amines is 1. The van der Waals surface area contributed by atoms with Crippen LogP contribution in [0.3, 0.4) is 0 Å². The number of nitrogens with one attached hydrogen (secondary N) is 2. The van der Waals surface area contributed by atoms with Crippen LogP contribution in [0.5, 0.6) is 5.75 Å². The first-order valence-corrected chi connectivity index (χ1v) is 7.72. The average molecular weight is 342 g/mol. The third-order valence-corrected chi connectivity index (χ3v) is 3.91. The Hall–Kier alpha value is -2.79. The second-order valence-corrected chi connectivity index (χ2v) is 5.72. The summed E-state index contributed by atoms with van der Waals surface area (Å²) in [5, 5.41) is 5.69. The number of hydrogen-bond acceptors (Lipinski definition) is 3. The summed E-state index contributed by atoms with van der Waals surface area (Å²) in [4.78, 5) is 15.3. The van der Waals surface area contributed by atoms with E-state index in [1.54, 1.807) is 25.3 Å². The van der Waals surface area contributed by atoms with Crippen molar-refractivity contribution in [1.29, 1.82) is 0 Å². The maximum absolute atomic E-state index is 12.3. The van der Waals surface area contributed by atoms with Crippen LogP contribution < -0.4 is 10.2 Å². The topological polar surface area (TPSA) is 66.5 Å². The number of halogens is 1. The van der Waals surface area contributed by atoms with Gasteiger partial charge in [0.15, 0.2) is 0 Å². The van der Waals surface area contributed by atoms with Crippen LogP contribution in [0.25, 0.3) is 10.9 Å². The van der Waals surface area contributed by atoms with E-state index in [4.69, 9.17) is 16.3 Å². The van der Waals surface area contributed by atoms with E-state index < -0.39 is 0 Å². The third kappa shape index (κ3) is 3.41. The summed E-state index contributed by atoms with van der Waals surface area (Å²) in [6.45, 7) is 1.82. The van der Waals surface area contributed by atoms with E-state index in [9.17, 15) is 4.79 Å². The first-order chi connectivity index (χ1) is 11.6. The second kappa shape index (κ2) is 6.76. The number of carbonyl (C=O) groups is 1. The van der Waals surface area contributed by atoms with Gasteiger partial charge in [-0.2, -0.15) is 5.10 Å². The largest absolute Gasteiger partial charge is 0.497 e. The van der Waals surface area contributed by atoms with E-state index in [0.717, 1.165) is 22.2 Å². The van der Waals surface area contributed by atoms with E-state index in [-0.39, 0.29) is 5.91 Å². The number of H-pyrrole nitrogens is 1. The lowest BCUT2D eigenvalue weighted by atomic mass is 10.1. The predicted octanol–water partition coefficient (Wildman–Crippen LogP) is 3.98. The van der Waals surface area contributed by atoms with Crippen LogP contribution in [0.4, 0.5) is 0 Å². The smallest absolute Gasteiger partial charge is 0.287 e. The molecular formula is C18H16ClN3O2. The lowest BCUT2D eigenvalue weighted by Gasteiger charge is -2.02. The molecule has 0 unspecified atom stereocenters. The van der Waals surface area contributed by atoms with Crippen molar-refractivity contribution in [2.75, 3.05) is 7.11 Å². The standard InChI is InChI=1S/C18H16ClN3O2/c1-11(12-3-5-14(19)6-4-12)21-22-18(23)17-10-13-9-15(24-2)7-8-16(13)20-17/h3-10,20H,1-2H3,(H,22,23)/b21-11+. The van der Waals surface area contributed by atoms with E-state index >= 15 is 0 Å². The number of nitrogens with zero attached hydrogens (tertiary/aromatic N) is 1. The van der Waals surface area contributed by atoms with Gasteiger partial charge in [0.25, 0.3) is 5.91 Å². The average Bonchev–Trinajstić information content (AvgIpc) is 3.03. The monoisotopic (exact) mass is 341 g/mol. The Balaban J connectivity index is 1.77. The molecule has 6 heteroatoms. The normalized spacial score (nSPS) is 11.5. The van der Waals surface area contributed by atoms with Gasteiger partial charge >= 0.3 is 0 Å². The Morgan fingerprint density at radius 1 is 1.17 bits per heavy atom. The molecule has 0 saturated carbocycles. The fourth-order valence-corrected chi connectivity index (χ4v) is 2.44. The molecular weight excluding hydrogens is 326 g/mol. The van der Waals surface area contributed by atoms with Gasteiger partial charge in [-0.15, -0.1) is 0 Å². The van der Waals surface area contributed by atoms with Gasteiger partial charge in [0.1, 0.15) is 11.4 Å². The van der Waals surface area contributed by atoms with E-state index in [0.29, 0.717) is 16.4 Å². The van der Waals surface area contributed by atoms with Crippen molar-refractivity contribution in [3.05, 3.63) is 64.8 Å². The number of amides is 1. The summed E-state index contributed by atoms with van der Waals surface area (Å²) in [6.07, 6.45) is 0. The van der Waals surface area contributed by atoms with Crippen molar-refractivity contribution in [2.45, 2.75) is 6.92 Å². The number of rotatable bonds is 4. The van der Waals surface area contributed by atoms with Gasteiger partial charge in [-0.3, -0.25) is 4.79 Å². The number of fused-ring (bicyclic) bond motifs is 1. The molecule has 24 heavy (non-hydrogen) atoms. The summed E-state index contributed by atoms with van der Waals surface area (Å²) < 4.78 is 5.18. The molecule has 0 bridgehead atoms. The highest BCUT2D eigenvalue weighted by Gasteiger charge is 2.09. The molecule has 0 atom stereocenters. The third-order valence-electron chi connectivity index (χ3n) is 3.66. The zero-order valence-electron chi connectivity index (χ0n) is 13.3. The maximum Gasteiger partial charge on any atom is 0.287 e. The number of methoxy groups -OCH3 is 1. The van der Waals surface area contributed by atoms with E-state index in [1.165, 1.54) is 0 Å². The number of hydrazone groups is 1. The van der Waals surface area contributed by atoms with Crippen LogP contribution in [0, 0.1) is 0 Å². The van der Waals surface area contributed by atoms with Crippen molar-refractivity contribution in [3.63, 3.8) is 0 Å². The molecule has 0 radical (unpaired) electrons. The van der Waals surface area contributed by atoms with Crippen molar-refractivity contribution >= 4 is 34.1 Å². The summed E-state index contributed by atoms with van der Waals surface area (Å²) in [6, 6.07) is 14.6. The summed E-state index contributed by atoms with van der Waals surface area (Å²) in [5.41, 5.74) is 5.43. The Labute approximate surface area is 144 Å². The fraction of sp³-hybridized carbons (Fsp3) is 0.111. The molecule has 0 aliphatic carbocycles. The summed E-state index contributed by atoms with van der Waals surface area (Å²) >= 11 is 5.86. The van der Waals surface area contributed by atoms with Crippen LogP contribution in [-0.2, 0) is 0 Å². The summed E-state index contributed by atoms with van der Waals surface area (Å²) in [7, 11) is 1.61. The Bertz CT molecular complexity index is 914. The molecule has 0 spiro atoms. The zero-order chi connectivity index (χ0) is 17.1. The highest BCUT2D eigenvalue weighted by atomic mass is 35.5. The maximum atomic E-state index is 12.3. The molecule has 5 nitrogen and oxygen atoms in total. The minimum absolute atomic E-state index is 0.307. The molecule has 0 aliphatic heterocycles. The number of aromatic nitrogens is 1. The molecule has 3 rings (SSSR count). The van der Waals surface area contributed by atoms with Gasteiger partial charge in [0.05, 0.1) is 12.8 Å². The van der Waals surface area contributed by atoms with Crippen LogP contribution >= 0.6 is 11.6 Å². The van der Waals surface area contributed by atoms with Gasteiger partial charge in [0.2, 0.25) is 0 Å². The van der Waals surface area contributed by atoms with Crippen molar-refractivity contribution in [1.82, 2.24) is 10.4 Å². The molecule has 1 aromatic heterocycles. The molecule has 0 saturated heterocycles. The molecule has 1 heterocycles. The van der Waals surface area contributed by atoms with E-state index in [2.05, 4.69) is 15.5 Å². The van der Waals surface area contributed by atoms with Gasteiger partial charge in [-0.25, -0.2) is 5.43 Å². The SMILES string of the molecule is COc1ccc2[nH]c(C(=O)N/N=C(\C)c3ccc(Cl)cc3)cc2c1. The Morgan fingerprint density at radius 3 is 2.62 bits per heavy atom. The van der Waals surface area contributed by atoms with Gasteiger partial charge < -0.3 is 9.72 Å². The first kappa shape index (κ1) is 16.1. The lowest BCUT2D eigenvalue weighted by molar-refractivity contribution is 0.0950. The van der Waals surface area contributed by atoms with Crippen molar-refractivity contribution in [2.24, 2.45) is 5.10 Å². The lowest BCUT2D eigenvalue weighted by Crippen LogP contribution is -2.19. The molecule has 3 aromatic rings. The van der Waals surface area contributed by atoms with Gasteiger partial charge in [0, 0.05) is 15.9 Å². The zero-order valence-corrected chi connectivity index (χ0v) is 14.0. The van der Waals surface area contributed by atoms with Crippen molar-refractivity contribution in [3.8, 4) is 5.75 Å². The Morgan fingerprint density at radius 2 is 1.92 bits per heavy atom.